The van der Waals surface area contributed by atoms with Gasteiger partial charge < -0.3 is 0 Å². The van der Waals surface area contributed by atoms with Gasteiger partial charge in [0, 0.05) is 5.41 Å². The van der Waals surface area contributed by atoms with Gasteiger partial charge in [-0.1, -0.05) is 78.9 Å². The number of aryl methyl sites for hydroxylation is 1. The van der Waals surface area contributed by atoms with Gasteiger partial charge in [0.05, 0.1) is 0 Å². The zero-order valence-electron chi connectivity index (χ0n) is 14.0. The molecular weight excluding hydrogens is 300 g/mol. The molecule has 0 heterocycles. The Kier molecular flexibility index (Phi) is 2.48. The average molecular weight is 318 g/mol. The number of rotatable bonds is 0. The van der Waals surface area contributed by atoms with Crippen LogP contribution in [0.1, 0.15) is 28.7 Å². The van der Waals surface area contributed by atoms with Gasteiger partial charge in [-0.3, -0.25) is 0 Å². The van der Waals surface area contributed by atoms with Crippen molar-refractivity contribution in [1.82, 2.24) is 0 Å². The van der Waals surface area contributed by atoms with Crippen molar-refractivity contribution in [2.75, 3.05) is 0 Å². The van der Waals surface area contributed by atoms with Gasteiger partial charge in [0.1, 0.15) is 0 Å². The first-order chi connectivity index (χ1) is 12.4. The fourth-order valence-electron chi connectivity index (χ4n) is 5.23. The Morgan fingerprint density at radius 2 is 1.12 bits per heavy atom. The van der Waals surface area contributed by atoms with Crippen LogP contribution in [0, 0.1) is 0 Å². The van der Waals surface area contributed by atoms with Gasteiger partial charge in [-0.15, -0.1) is 0 Å². The molecule has 2 aliphatic carbocycles. The molecule has 0 unspecified atom stereocenters. The van der Waals surface area contributed by atoms with Gasteiger partial charge in [0.25, 0.3) is 0 Å². The Labute approximate surface area is 147 Å². The Hall–Kier alpha value is -2.86. The molecule has 0 atom stereocenters. The molecular formula is C25H18. The number of benzene rings is 4. The molecule has 0 heteroatoms. The maximum absolute atomic E-state index is 2.45. The third-order valence-corrected chi connectivity index (χ3v) is 6.26. The van der Waals surface area contributed by atoms with Crippen LogP contribution in [0.25, 0.3) is 21.9 Å². The van der Waals surface area contributed by atoms with Crippen LogP contribution in [-0.2, 0) is 11.8 Å². The molecule has 25 heavy (non-hydrogen) atoms. The molecule has 4 aromatic rings. The predicted octanol–water partition coefficient (Wildman–Crippen LogP) is 6.10. The molecule has 0 aliphatic heterocycles. The van der Waals surface area contributed by atoms with Crippen LogP contribution < -0.4 is 0 Å². The van der Waals surface area contributed by atoms with Crippen LogP contribution in [-0.4, -0.2) is 0 Å². The van der Waals surface area contributed by atoms with E-state index in [1.165, 1.54) is 50.6 Å². The van der Waals surface area contributed by atoms with E-state index >= 15 is 0 Å². The van der Waals surface area contributed by atoms with Crippen LogP contribution in [0.5, 0.6) is 0 Å². The quantitative estimate of drug-likeness (QED) is 0.367. The SMILES string of the molecule is c1ccc2c(c1)-c1ccccc1C21CCc2cc3ccccc3cc21. The smallest absolute Gasteiger partial charge is 0.0469 e. The van der Waals surface area contributed by atoms with Crippen LogP contribution in [0.2, 0.25) is 0 Å². The van der Waals surface area contributed by atoms with Crippen molar-refractivity contribution in [1.29, 1.82) is 0 Å². The first-order valence-corrected chi connectivity index (χ1v) is 9.09. The van der Waals surface area contributed by atoms with Crippen LogP contribution in [0.4, 0.5) is 0 Å². The van der Waals surface area contributed by atoms with Crippen molar-refractivity contribution in [2.45, 2.75) is 18.3 Å². The van der Waals surface area contributed by atoms with E-state index in [2.05, 4.69) is 84.9 Å². The third kappa shape index (κ3) is 1.57. The van der Waals surface area contributed by atoms with Crippen molar-refractivity contribution in [3.05, 3.63) is 107 Å². The fraction of sp³-hybridized carbons (Fsp3) is 0.120. The molecule has 0 radical (unpaired) electrons. The molecule has 118 valence electrons. The average Bonchev–Trinajstić information content (AvgIpc) is 3.19. The zero-order chi connectivity index (χ0) is 16.4. The standard InChI is InChI=1S/C25H18/c1-2-8-18-16-24-19(15-17(18)7-1)13-14-25(24)22-11-5-3-9-20(22)21-10-4-6-12-23(21)25/h1-12,15-16H,13-14H2. The number of hydrogen-bond acceptors (Lipinski definition) is 0. The summed E-state index contributed by atoms with van der Waals surface area (Å²) in [7, 11) is 0. The summed E-state index contributed by atoms with van der Waals surface area (Å²) in [6.07, 6.45) is 2.33. The largest absolute Gasteiger partial charge is 0.0619 e. The minimum Gasteiger partial charge on any atom is -0.0619 e. The monoisotopic (exact) mass is 318 g/mol. The van der Waals surface area contributed by atoms with E-state index in [-0.39, 0.29) is 5.41 Å². The second-order valence-electron chi connectivity index (χ2n) is 7.35. The van der Waals surface area contributed by atoms with E-state index in [1.807, 2.05) is 0 Å². The highest BCUT2D eigenvalue weighted by Crippen LogP contribution is 2.58. The van der Waals surface area contributed by atoms with Gasteiger partial charge in [-0.25, -0.2) is 0 Å². The van der Waals surface area contributed by atoms with Gasteiger partial charge in [0.2, 0.25) is 0 Å². The van der Waals surface area contributed by atoms with Gasteiger partial charge >= 0.3 is 0 Å². The summed E-state index contributed by atoms with van der Waals surface area (Å²) >= 11 is 0. The van der Waals surface area contributed by atoms with Crippen molar-refractivity contribution < 1.29 is 0 Å². The first-order valence-electron chi connectivity index (χ1n) is 9.09. The fourth-order valence-corrected chi connectivity index (χ4v) is 5.23. The number of hydrogen-bond donors (Lipinski definition) is 0. The molecule has 0 bridgehead atoms. The predicted molar refractivity (Wildman–Crippen MR) is 104 cm³/mol. The van der Waals surface area contributed by atoms with Gasteiger partial charge in [0.15, 0.2) is 0 Å². The molecule has 2 aliphatic rings. The van der Waals surface area contributed by atoms with Crippen LogP contribution in [0.3, 0.4) is 0 Å². The summed E-state index contributed by atoms with van der Waals surface area (Å²) in [4.78, 5) is 0. The molecule has 6 rings (SSSR count). The summed E-state index contributed by atoms with van der Waals surface area (Å²) in [5, 5.41) is 2.71. The summed E-state index contributed by atoms with van der Waals surface area (Å²) in [6.45, 7) is 0. The first kappa shape index (κ1) is 13.4. The van der Waals surface area contributed by atoms with E-state index < -0.39 is 0 Å². The molecule has 0 N–H and O–H groups in total. The lowest BCUT2D eigenvalue weighted by Gasteiger charge is -2.28. The van der Waals surface area contributed by atoms with Crippen molar-refractivity contribution >= 4 is 10.8 Å². The second-order valence-corrected chi connectivity index (χ2v) is 7.35. The van der Waals surface area contributed by atoms with Crippen molar-refractivity contribution in [3.8, 4) is 11.1 Å². The highest BCUT2D eigenvalue weighted by molar-refractivity contribution is 5.89. The van der Waals surface area contributed by atoms with E-state index in [0.29, 0.717) is 0 Å². The molecule has 1 spiro atoms. The normalized spacial score (nSPS) is 16.0. The summed E-state index contributed by atoms with van der Waals surface area (Å²) < 4.78 is 0. The lowest BCUT2D eigenvalue weighted by molar-refractivity contribution is 0.626. The molecule has 0 fully saturated rings. The zero-order valence-corrected chi connectivity index (χ0v) is 14.0. The maximum Gasteiger partial charge on any atom is 0.0469 e. The molecule has 0 nitrogen and oxygen atoms in total. The van der Waals surface area contributed by atoms with Gasteiger partial charge in [-0.05, 0) is 63.1 Å². The molecule has 0 saturated heterocycles. The van der Waals surface area contributed by atoms with E-state index in [1.54, 1.807) is 0 Å². The minimum absolute atomic E-state index is 0.0343. The summed E-state index contributed by atoms with van der Waals surface area (Å²) in [5.41, 5.74) is 8.88. The third-order valence-electron chi connectivity index (χ3n) is 6.26. The Morgan fingerprint density at radius 3 is 1.80 bits per heavy atom. The topological polar surface area (TPSA) is 0 Å². The molecule has 0 amide bonds. The van der Waals surface area contributed by atoms with E-state index in [4.69, 9.17) is 0 Å². The Balaban J connectivity index is 1.75. The van der Waals surface area contributed by atoms with Crippen LogP contribution in [0.15, 0.2) is 84.9 Å². The van der Waals surface area contributed by atoms with E-state index in [9.17, 15) is 0 Å². The molecule has 0 saturated carbocycles. The van der Waals surface area contributed by atoms with E-state index in [0.717, 1.165) is 6.42 Å². The lowest BCUT2D eigenvalue weighted by Crippen LogP contribution is -2.23. The Bertz CT molecular complexity index is 1100. The van der Waals surface area contributed by atoms with Crippen molar-refractivity contribution in [3.63, 3.8) is 0 Å². The highest BCUT2D eigenvalue weighted by Gasteiger charge is 2.48. The maximum atomic E-state index is 2.45. The number of fused-ring (bicyclic) bond motifs is 8. The lowest BCUT2D eigenvalue weighted by atomic mass is 9.73. The molecule has 0 aromatic heterocycles. The minimum atomic E-state index is 0.0343. The van der Waals surface area contributed by atoms with Crippen molar-refractivity contribution in [2.24, 2.45) is 0 Å². The second kappa shape index (κ2) is 4.61. The summed E-state index contributed by atoms with van der Waals surface area (Å²) in [5.74, 6) is 0. The Morgan fingerprint density at radius 1 is 0.560 bits per heavy atom. The molecule has 4 aromatic carbocycles. The summed E-state index contributed by atoms with van der Waals surface area (Å²) in [6, 6.07) is 31.7. The van der Waals surface area contributed by atoms with Gasteiger partial charge in [-0.2, -0.15) is 0 Å². The van der Waals surface area contributed by atoms with Crippen LogP contribution >= 0.6 is 0 Å². The highest BCUT2D eigenvalue weighted by atomic mass is 14.5.